The van der Waals surface area contributed by atoms with Crippen LogP contribution < -0.4 is 15.5 Å². The van der Waals surface area contributed by atoms with Gasteiger partial charge < -0.3 is 14.8 Å². The number of benzene rings is 2. The molecule has 0 unspecified atom stereocenters. The molecule has 1 atom stereocenters. The maximum atomic E-state index is 13.0. The van der Waals surface area contributed by atoms with Gasteiger partial charge in [-0.25, -0.2) is 10.2 Å². The summed E-state index contributed by atoms with van der Waals surface area (Å²) in [5, 5.41) is 8.11. The number of ether oxygens (including phenoxy) is 2. The molecular weight excluding hydrogens is 561 g/mol. The number of halogens is 2. The van der Waals surface area contributed by atoms with Gasteiger partial charge in [0.1, 0.15) is 10.8 Å². The SMILES string of the molecule is CCOC(=O)c1c(NC(=O)c2ccc(O[C@H](C)C(=O)N/N=C\c3c(Cl)cccc3Cl)cc2)sc2c1CCCC2. The number of carbonyl (C=O) groups is 3. The fraction of sp³-hybridized carbons (Fsp3) is 0.286. The number of rotatable bonds is 9. The van der Waals surface area contributed by atoms with Crippen molar-refractivity contribution in [1.82, 2.24) is 5.43 Å². The molecule has 0 spiro atoms. The Kier molecular flexibility index (Phi) is 9.61. The summed E-state index contributed by atoms with van der Waals surface area (Å²) in [6, 6.07) is 11.4. The summed E-state index contributed by atoms with van der Waals surface area (Å²) in [6.45, 7) is 3.59. The monoisotopic (exact) mass is 587 g/mol. The molecule has 2 amide bonds. The van der Waals surface area contributed by atoms with E-state index in [2.05, 4.69) is 15.8 Å². The summed E-state index contributed by atoms with van der Waals surface area (Å²) >= 11 is 13.6. The number of carbonyl (C=O) groups excluding carboxylic acids is 3. The Morgan fingerprint density at radius 1 is 1.08 bits per heavy atom. The molecule has 3 aromatic rings. The molecule has 2 aromatic carbocycles. The van der Waals surface area contributed by atoms with Gasteiger partial charge >= 0.3 is 5.97 Å². The van der Waals surface area contributed by atoms with Crippen molar-refractivity contribution in [3.63, 3.8) is 0 Å². The van der Waals surface area contributed by atoms with E-state index in [-0.39, 0.29) is 12.5 Å². The fourth-order valence-corrected chi connectivity index (χ4v) is 5.84. The summed E-state index contributed by atoms with van der Waals surface area (Å²) in [4.78, 5) is 39.1. The molecule has 4 rings (SSSR count). The first-order chi connectivity index (χ1) is 18.8. The zero-order valence-corrected chi connectivity index (χ0v) is 23.7. The van der Waals surface area contributed by atoms with Gasteiger partial charge in [0.2, 0.25) is 0 Å². The van der Waals surface area contributed by atoms with E-state index in [4.69, 9.17) is 32.7 Å². The molecule has 8 nitrogen and oxygen atoms in total. The van der Waals surface area contributed by atoms with Crippen molar-refractivity contribution in [1.29, 1.82) is 0 Å². The van der Waals surface area contributed by atoms with Crippen LogP contribution in [0.3, 0.4) is 0 Å². The van der Waals surface area contributed by atoms with Crippen molar-refractivity contribution in [2.24, 2.45) is 5.10 Å². The lowest BCUT2D eigenvalue weighted by Crippen LogP contribution is -2.33. The molecule has 0 saturated heterocycles. The van der Waals surface area contributed by atoms with Crippen LogP contribution in [0.2, 0.25) is 10.0 Å². The van der Waals surface area contributed by atoms with Crippen molar-refractivity contribution in [2.75, 3.05) is 11.9 Å². The van der Waals surface area contributed by atoms with Gasteiger partial charge in [0.25, 0.3) is 11.8 Å². The van der Waals surface area contributed by atoms with Crippen LogP contribution >= 0.6 is 34.5 Å². The number of hydrogen-bond donors (Lipinski definition) is 2. The van der Waals surface area contributed by atoms with Crippen molar-refractivity contribution in [3.05, 3.63) is 79.6 Å². The predicted octanol–water partition coefficient (Wildman–Crippen LogP) is 6.28. The largest absolute Gasteiger partial charge is 0.481 e. The van der Waals surface area contributed by atoms with Crippen LogP contribution in [0.15, 0.2) is 47.6 Å². The van der Waals surface area contributed by atoms with Crippen LogP contribution in [-0.4, -0.2) is 36.7 Å². The lowest BCUT2D eigenvalue weighted by molar-refractivity contribution is -0.127. The lowest BCUT2D eigenvalue weighted by atomic mass is 9.95. The number of thiophene rings is 1. The van der Waals surface area contributed by atoms with E-state index < -0.39 is 18.0 Å². The highest BCUT2D eigenvalue weighted by Crippen LogP contribution is 2.39. The number of amides is 2. The van der Waals surface area contributed by atoms with Gasteiger partial charge in [-0.3, -0.25) is 9.59 Å². The van der Waals surface area contributed by atoms with Gasteiger partial charge in [0, 0.05) is 16.0 Å². The molecule has 0 bridgehead atoms. The third-order valence-corrected chi connectivity index (χ3v) is 7.91. The minimum Gasteiger partial charge on any atom is -0.481 e. The normalized spacial score (nSPS) is 13.4. The van der Waals surface area contributed by atoms with Crippen molar-refractivity contribution in [3.8, 4) is 5.75 Å². The number of nitrogens with zero attached hydrogens (tertiary/aromatic N) is 1. The molecule has 39 heavy (non-hydrogen) atoms. The molecule has 0 radical (unpaired) electrons. The summed E-state index contributed by atoms with van der Waals surface area (Å²) in [5.74, 6) is -0.859. The van der Waals surface area contributed by atoms with Crippen molar-refractivity contribution < 1.29 is 23.9 Å². The van der Waals surface area contributed by atoms with E-state index in [1.807, 2.05) is 0 Å². The highest BCUT2D eigenvalue weighted by atomic mass is 35.5. The van der Waals surface area contributed by atoms with Crippen molar-refractivity contribution in [2.45, 2.75) is 45.6 Å². The van der Waals surface area contributed by atoms with Crippen LogP contribution in [0.4, 0.5) is 5.00 Å². The van der Waals surface area contributed by atoms with Crippen LogP contribution in [0.1, 0.15) is 63.4 Å². The van der Waals surface area contributed by atoms with Crippen molar-refractivity contribution >= 4 is 63.5 Å². The van der Waals surface area contributed by atoms with Gasteiger partial charge in [-0.15, -0.1) is 11.3 Å². The number of hydrazone groups is 1. The van der Waals surface area contributed by atoms with Crippen LogP contribution in [0.5, 0.6) is 5.75 Å². The number of esters is 1. The van der Waals surface area contributed by atoms with Gasteiger partial charge in [0.05, 0.1) is 28.4 Å². The molecule has 0 saturated carbocycles. The zero-order chi connectivity index (χ0) is 27.9. The first-order valence-electron chi connectivity index (χ1n) is 12.4. The Morgan fingerprint density at radius 3 is 2.46 bits per heavy atom. The van der Waals surface area contributed by atoms with Gasteiger partial charge in [-0.1, -0.05) is 29.3 Å². The molecule has 1 aliphatic carbocycles. The zero-order valence-electron chi connectivity index (χ0n) is 21.4. The molecule has 0 fully saturated rings. The van der Waals surface area contributed by atoms with Crippen LogP contribution in [0.25, 0.3) is 0 Å². The molecule has 0 aliphatic heterocycles. The maximum Gasteiger partial charge on any atom is 0.341 e. The van der Waals surface area contributed by atoms with Gasteiger partial charge in [-0.05, 0) is 81.5 Å². The van der Waals surface area contributed by atoms with Gasteiger partial charge in [-0.2, -0.15) is 5.10 Å². The summed E-state index contributed by atoms with van der Waals surface area (Å²) in [7, 11) is 0. The molecule has 204 valence electrons. The number of hydrogen-bond acceptors (Lipinski definition) is 7. The van der Waals surface area contributed by atoms with E-state index in [0.29, 0.717) is 37.5 Å². The van der Waals surface area contributed by atoms with E-state index in [1.54, 1.807) is 56.3 Å². The third kappa shape index (κ3) is 6.98. The van der Waals surface area contributed by atoms with E-state index >= 15 is 0 Å². The Hall–Kier alpha value is -3.40. The Morgan fingerprint density at radius 2 is 1.77 bits per heavy atom. The summed E-state index contributed by atoms with van der Waals surface area (Å²) in [5.41, 5.74) is 4.70. The maximum absolute atomic E-state index is 13.0. The average Bonchev–Trinajstić information content (AvgIpc) is 3.28. The number of fused-ring (bicyclic) bond motifs is 1. The molecule has 1 aromatic heterocycles. The Bertz CT molecular complexity index is 1380. The smallest absolute Gasteiger partial charge is 0.341 e. The summed E-state index contributed by atoms with van der Waals surface area (Å²) in [6.07, 6.45) is 4.24. The van der Waals surface area contributed by atoms with Gasteiger partial charge in [0.15, 0.2) is 6.10 Å². The van der Waals surface area contributed by atoms with E-state index in [1.165, 1.54) is 17.6 Å². The third-order valence-electron chi connectivity index (χ3n) is 6.04. The predicted molar refractivity (Wildman–Crippen MR) is 154 cm³/mol. The van der Waals surface area contributed by atoms with E-state index in [0.717, 1.165) is 36.1 Å². The first-order valence-corrected chi connectivity index (χ1v) is 14.0. The quantitative estimate of drug-likeness (QED) is 0.174. The topological polar surface area (TPSA) is 106 Å². The second-order valence-corrected chi connectivity index (χ2v) is 10.7. The highest BCUT2D eigenvalue weighted by Gasteiger charge is 2.27. The summed E-state index contributed by atoms with van der Waals surface area (Å²) < 4.78 is 10.9. The lowest BCUT2D eigenvalue weighted by Gasteiger charge is -2.13. The minimum absolute atomic E-state index is 0.261. The average molecular weight is 589 g/mol. The minimum atomic E-state index is -0.867. The first kappa shape index (κ1) is 28.6. The number of aryl methyl sites for hydroxylation is 1. The molecular formula is C28H27Cl2N3O5S. The van der Waals surface area contributed by atoms with Crippen LogP contribution in [-0.2, 0) is 22.4 Å². The second-order valence-electron chi connectivity index (χ2n) is 8.74. The Labute approximate surface area is 240 Å². The molecule has 1 heterocycles. The standard InChI is InChI=1S/C28H27Cl2N3O5S/c1-3-37-28(36)24-19-7-4-5-10-23(19)39-27(24)32-26(35)17-11-13-18(14-12-17)38-16(2)25(34)33-31-15-20-21(29)8-6-9-22(20)30/h6,8-9,11-16H,3-5,7,10H2,1-2H3,(H,32,35)(H,33,34)/b31-15-/t16-/m1/s1. The number of nitrogens with one attached hydrogen (secondary N) is 2. The highest BCUT2D eigenvalue weighted by molar-refractivity contribution is 7.17. The van der Waals surface area contributed by atoms with Crippen LogP contribution in [0, 0.1) is 0 Å². The molecule has 11 heteroatoms. The number of anilines is 1. The molecule has 1 aliphatic rings. The van der Waals surface area contributed by atoms with E-state index in [9.17, 15) is 14.4 Å². The Balaban J connectivity index is 1.37. The molecule has 2 N–H and O–H groups in total. The second kappa shape index (κ2) is 13.1. The fourth-order valence-electron chi connectivity index (χ4n) is 4.08.